The number of hydrogen-bond acceptors (Lipinski definition) is 4. The monoisotopic (exact) mass is 446 g/mol. The van der Waals surface area contributed by atoms with E-state index in [1.165, 1.54) is 17.2 Å². The maximum absolute atomic E-state index is 14.1. The van der Waals surface area contributed by atoms with E-state index in [1.807, 2.05) is 12.1 Å². The van der Waals surface area contributed by atoms with Gasteiger partial charge in [0.25, 0.3) is 0 Å². The second kappa shape index (κ2) is 7.70. The maximum Gasteiger partial charge on any atom is 0.303 e. The van der Waals surface area contributed by atoms with Crippen molar-refractivity contribution in [2.75, 3.05) is 25.0 Å². The summed E-state index contributed by atoms with van der Waals surface area (Å²) >= 11 is 0. The zero-order chi connectivity index (χ0) is 22.7. The highest BCUT2D eigenvalue weighted by Gasteiger charge is 2.35. The molecule has 1 aromatic carbocycles. The number of aromatic amines is 1. The summed E-state index contributed by atoms with van der Waals surface area (Å²) < 4.78 is 14.1. The minimum atomic E-state index is -0.689. The molecule has 33 heavy (non-hydrogen) atoms. The first kappa shape index (κ1) is 20.4. The number of rotatable bonds is 4. The van der Waals surface area contributed by atoms with Crippen LogP contribution >= 0.6 is 0 Å². The van der Waals surface area contributed by atoms with Gasteiger partial charge in [0.05, 0.1) is 0 Å². The molecule has 1 aliphatic carbocycles. The van der Waals surface area contributed by atoms with Crippen molar-refractivity contribution in [3.8, 4) is 11.1 Å². The molecule has 0 radical (unpaired) electrons. The fourth-order valence-electron chi connectivity index (χ4n) is 5.87. The smallest absolute Gasteiger partial charge is 0.303 e. The van der Waals surface area contributed by atoms with E-state index in [4.69, 9.17) is 5.11 Å². The van der Waals surface area contributed by atoms with E-state index in [0.29, 0.717) is 18.4 Å². The van der Waals surface area contributed by atoms with Crippen molar-refractivity contribution in [3.63, 3.8) is 0 Å². The first-order valence-corrected chi connectivity index (χ1v) is 11.6. The van der Waals surface area contributed by atoms with Gasteiger partial charge in [0.2, 0.25) is 0 Å². The van der Waals surface area contributed by atoms with E-state index >= 15 is 0 Å². The molecule has 6 nitrogen and oxygen atoms in total. The number of halogens is 1. The third-order valence-corrected chi connectivity index (χ3v) is 7.61. The van der Waals surface area contributed by atoms with Crippen molar-refractivity contribution in [2.45, 2.75) is 38.3 Å². The van der Waals surface area contributed by atoms with Crippen LogP contribution in [0.5, 0.6) is 0 Å². The van der Waals surface area contributed by atoms with Gasteiger partial charge in [0.15, 0.2) is 0 Å². The average Bonchev–Trinajstić information content (AvgIpc) is 3.08. The minimum absolute atomic E-state index is 0.233. The molecule has 6 rings (SSSR count). The Kier molecular flexibility index (Phi) is 4.76. The number of aliphatic carboxylic acids is 1. The van der Waals surface area contributed by atoms with Crippen molar-refractivity contribution in [1.82, 2.24) is 14.9 Å². The normalized spacial score (nSPS) is 22.5. The Bertz CT molecular complexity index is 1290. The van der Waals surface area contributed by atoms with E-state index in [2.05, 4.69) is 32.9 Å². The number of hydrogen-bond donors (Lipinski definition) is 2. The number of aromatic nitrogens is 2. The third kappa shape index (κ3) is 3.42. The predicted octanol–water partition coefficient (Wildman–Crippen LogP) is 4.66. The summed E-state index contributed by atoms with van der Waals surface area (Å²) in [6.07, 6.45) is 7.31. The van der Waals surface area contributed by atoms with E-state index in [9.17, 15) is 9.18 Å². The molecule has 2 aliphatic heterocycles. The molecule has 7 heteroatoms. The highest BCUT2D eigenvalue weighted by Crippen LogP contribution is 2.43. The minimum Gasteiger partial charge on any atom is -0.481 e. The Morgan fingerprint density at radius 2 is 2.12 bits per heavy atom. The molecule has 170 valence electrons. The molecule has 0 saturated heterocycles. The molecule has 0 unspecified atom stereocenters. The van der Waals surface area contributed by atoms with Crippen LogP contribution in [0.4, 0.5) is 10.1 Å². The molecule has 3 aromatic rings. The van der Waals surface area contributed by atoms with Crippen LogP contribution in [0.15, 0.2) is 36.5 Å². The number of pyridine rings is 1. The summed E-state index contributed by atoms with van der Waals surface area (Å²) in [4.78, 5) is 23.8. The number of carbonyl (C=O) groups is 1. The largest absolute Gasteiger partial charge is 0.481 e. The lowest BCUT2D eigenvalue weighted by Crippen LogP contribution is -2.46. The maximum atomic E-state index is 14.1. The van der Waals surface area contributed by atoms with Crippen LogP contribution in [0.3, 0.4) is 0 Å². The third-order valence-electron chi connectivity index (χ3n) is 7.61. The summed E-state index contributed by atoms with van der Waals surface area (Å²) in [6, 6.07) is 7.50. The SMILES string of the molecule is CN1Cc2c(C3=CCN(C4CC(CC(=O)O)C4)CC3)[nH]c3nccc(c23)-c2cc(F)ccc21. The lowest BCUT2D eigenvalue weighted by atomic mass is 9.77. The Morgan fingerprint density at radius 3 is 2.88 bits per heavy atom. The van der Waals surface area contributed by atoms with Gasteiger partial charge in [-0.1, -0.05) is 6.08 Å². The Morgan fingerprint density at radius 1 is 1.27 bits per heavy atom. The van der Waals surface area contributed by atoms with Gasteiger partial charge in [-0.3, -0.25) is 9.69 Å². The fourth-order valence-corrected chi connectivity index (χ4v) is 5.87. The zero-order valence-corrected chi connectivity index (χ0v) is 18.6. The first-order valence-electron chi connectivity index (χ1n) is 11.6. The fraction of sp³-hybridized carbons (Fsp3) is 0.385. The van der Waals surface area contributed by atoms with E-state index < -0.39 is 5.97 Å². The molecule has 1 fully saturated rings. The Balaban J connectivity index is 1.31. The number of H-pyrrole nitrogens is 1. The molecule has 0 amide bonds. The van der Waals surface area contributed by atoms with Gasteiger partial charge in [0, 0.05) is 73.2 Å². The van der Waals surface area contributed by atoms with E-state index in [-0.39, 0.29) is 5.82 Å². The summed E-state index contributed by atoms with van der Waals surface area (Å²) in [7, 11) is 2.06. The summed E-state index contributed by atoms with van der Waals surface area (Å²) in [5.41, 5.74) is 7.46. The second-order valence-electron chi connectivity index (χ2n) is 9.64. The summed E-state index contributed by atoms with van der Waals surface area (Å²) in [5.74, 6) is -0.597. The summed E-state index contributed by atoms with van der Waals surface area (Å²) in [6.45, 7) is 2.59. The average molecular weight is 447 g/mol. The van der Waals surface area contributed by atoms with Crippen LogP contribution in [-0.2, 0) is 11.3 Å². The highest BCUT2D eigenvalue weighted by molar-refractivity contribution is 6.02. The molecular formula is C26H27FN4O2. The van der Waals surface area contributed by atoms with Crippen molar-refractivity contribution in [2.24, 2.45) is 5.92 Å². The number of carboxylic acid groups (broad SMARTS) is 1. The number of carboxylic acids is 1. The van der Waals surface area contributed by atoms with Gasteiger partial charge in [-0.05, 0) is 60.6 Å². The molecule has 3 aliphatic rings. The summed E-state index contributed by atoms with van der Waals surface area (Å²) in [5, 5.41) is 10.1. The van der Waals surface area contributed by atoms with Gasteiger partial charge >= 0.3 is 5.97 Å². The Hall–Kier alpha value is -3.19. The van der Waals surface area contributed by atoms with Crippen LogP contribution < -0.4 is 4.90 Å². The number of fused-ring (bicyclic) bond motifs is 2. The van der Waals surface area contributed by atoms with Crippen molar-refractivity contribution in [1.29, 1.82) is 0 Å². The number of benzene rings is 1. The molecule has 2 N–H and O–H groups in total. The molecular weight excluding hydrogens is 419 g/mol. The highest BCUT2D eigenvalue weighted by atomic mass is 19.1. The molecule has 1 saturated carbocycles. The Labute approximate surface area is 191 Å². The first-order chi connectivity index (χ1) is 16.0. The van der Waals surface area contributed by atoms with Gasteiger partial charge in [-0.2, -0.15) is 0 Å². The molecule has 2 aromatic heterocycles. The topological polar surface area (TPSA) is 72.5 Å². The van der Waals surface area contributed by atoms with Gasteiger partial charge in [-0.15, -0.1) is 0 Å². The van der Waals surface area contributed by atoms with Crippen molar-refractivity contribution in [3.05, 3.63) is 53.6 Å². The van der Waals surface area contributed by atoms with Gasteiger partial charge in [0.1, 0.15) is 11.5 Å². The van der Waals surface area contributed by atoms with Crippen LogP contribution in [0.25, 0.3) is 27.7 Å². The molecule has 4 heterocycles. The van der Waals surface area contributed by atoms with Crippen molar-refractivity contribution >= 4 is 28.3 Å². The van der Waals surface area contributed by atoms with E-state index in [1.54, 1.807) is 12.3 Å². The predicted molar refractivity (Wildman–Crippen MR) is 127 cm³/mol. The number of anilines is 1. The van der Waals surface area contributed by atoms with Crippen LogP contribution in [0.1, 0.15) is 36.9 Å². The standard InChI is InChI=1S/C26H27FN4O2/c1-30-14-21-24-19(20-13-17(27)2-3-22(20)30)4-7-28-26(24)29-25(21)16-5-8-31(9-6-16)18-10-15(11-18)12-23(32)33/h2-5,7,13,15,18H,6,8-12,14H2,1H3,(H,28,29)(H,32,33). The van der Waals surface area contributed by atoms with Gasteiger partial charge in [-0.25, -0.2) is 9.37 Å². The molecule has 0 spiro atoms. The van der Waals surface area contributed by atoms with Gasteiger partial charge < -0.3 is 15.0 Å². The van der Waals surface area contributed by atoms with Crippen LogP contribution in [-0.4, -0.2) is 52.1 Å². The zero-order valence-electron chi connectivity index (χ0n) is 18.6. The van der Waals surface area contributed by atoms with Crippen molar-refractivity contribution < 1.29 is 14.3 Å². The number of nitrogens with zero attached hydrogens (tertiary/aromatic N) is 3. The van der Waals surface area contributed by atoms with Crippen LogP contribution in [0.2, 0.25) is 0 Å². The lowest BCUT2D eigenvalue weighted by molar-refractivity contribution is -0.139. The molecule has 0 bridgehead atoms. The quantitative estimate of drug-likeness (QED) is 0.610. The number of nitrogens with one attached hydrogen (secondary N) is 1. The lowest BCUT2D eigenvalue weighted by Gasteiger charge is -2.43. The second-order valence-corrected chi connectivity index (χ2v) is 9.64. The van der Waals surface area contributed by atoms with E-state index in [0.717, 1.165) is 72.4 Å². The van der Waals surface area contributed by atoms with Crippen LogP contribution in [0, 0.1) is 11.7 Å². The molecule has 0 atom stereocenters.